The lowest BCUT2D eigenvalue weighted by Crippen LogP contribution is -2.18. The summed E-state index contributed by atoms with van der Waals surface area (Å²) in [6.45, 7) is 3.66. The minimum absolute atomic E-state index is 0.289. The highest BCUT2D eigenvalue weighted by Crippen LogP contribution is 2.23. The number of hydrogen-bond donors (Lipinski definition) is 1. The van der Waals surface area contributed by atoms with Gasteiger partial charge in [0, 0.05) is 20.2 Å². The second-order valence-electron chi connectivity index (χ2n) is 4.25. The summed E-state index contributed by atoms with van der Waals surface area (Å²) >= 11 is 0. The molecule has 19 heavy (non-hydrogen) atoms. The first-order valence-corrected chi connectivity index (χ1v) is 6.12. The Morgan fingerprint density at radius 1 is 1.42 bits per heavy atom. The maximum Gasteiger partial charge on any atom is 0.229 e. The fourth-order valence-corrected chi connectivity index (χ4v) is 1.72. The summed E-state index contributed by atoms with van der Waals surface area (Å²) in [7, 11) is 1.65. The highest BCUT2D eigenvalue weighted by molar-refractivity contribution is 5.55. The predicted molar refractivity (Wildman–Crippen MR) is 70.2 cm³/mol. The fourth-order valence-electron chi connectivity index (χ4n) is 1.72. The summed E-state index contributed by atoms with van der Waals surface area (Å²) in [6.07, 6.45) is 1.54. The number of hydrogen-bond acceptors (Lipinski definition) is 4. The SMILES string of the molecule is COCCNCc1coc(-c2cccc(C)c2F)n1. The summed E-state index contributed by atoms with van der Waals surface area (Å²) in [5.41, 5.74) is 1.71. The molecule has 0 aliphatic carbocycles. The Hall–Kier alpha value is -1.72. The van der Waals surface area contributed by atoms with Crippen molar-refractivity contribution in [3.8, 4) is 11.5 Å². The smallest absolute Gasteiger partial charge is 0.229 e. The summed E-state index contributed by atoms with van der Waals surface area (Å²) in [4.78, 5) is 4.27. The topological polar surface area (TPSA) is 47.3 Å². The van der Waals surface area contributed by atoms with Crippen LogP contribution < -0.4 is 5.32 Å². The second kappa shape index (κ2) is 6.45. The zero-order valence-electron chi connectivity index (χ0n) is 11.1. The van der Waals surface area contributed by atoms with Gasteiger partial charge in [0.1, 0.15) is 12.1 Å². The Morgan fingerprint density at radius 3 is 3.05 bits per heavy atom. The van der Waals surface area contributed by atoms with Crippen LogP contribution in [0.15, 0.2) is 28.9 Å². The molecule has 0 atom stereocenters. The van der Waals surface area contributed by atoms with E-state index >= 15 is 0 Å². The maximum absolute atomic E-state index is 13.9. The molecule has 4 nitrogen and oxygen atoms in total. The number of aryl methyl sites for hydroxylation is 1. The van der Waals surface area contributed by atoms with Gasteiger partial charge in [-0.2, -0.15) is 0 Å². The standard InChI is InChI=1S/C14H17FN2O2/c1-10-4-3-5-12(13(10)15)14-17-11(9-19-14)8-16-6-7-18-2/h3-5,9,16H,6-8H2,1-2H3. The van der Waals surface area contributed by atoms with Crippen LogP contribution in [-0.2, 0) is 11.3 Å². The zero-order chi connectivity index (χ0) is 13.7. The summed E-state index contributed by atoms with van der Waals surface area (Å²) in [5, 5.41) is 3.15. The molecule has 1 aromatic carbocycles. The van der Waals surface area contributed by atoms with Crippen LogP contribution >= 0.6 is 0 Å². The number of nitrogens with one attached hydrogen (secondary N) is 1. The van der Waals surface area contributed by atoms with Gasteiger partial charge < -0.3 is 14.5 Å². The molecule has 0 amide bonds. The molecular formula is C14H17FN2O2. The molecule has 0 unspecified atom stereocenters. The average Bonchev–Trinajstić information content (AvgIpc) is 2.87. The molecule has 0 aliphatic heterocycles. The van der Waals surface area contributed by atoms with Gasteiger partial charge >= 0.3 is 0 Å². The van der Waals surface area contributed by atoms with Crippen molar-refractivity contribution < 1.29 is 13.5 Å². The van der Waals surface area contributed by atoms with E-state index in [1.165, 1.54) is 6.26 Å². The summed E-state index contributed by atoms with van der Waals surface area (Å²) in [6, 6.07) is 5.17. The van der Waals surface area contributed by atoms with E-state index in [1.807, 2.05) is 0 Å². The van der Waals surface area contributed by atoms with Crippen molar-refractivity contribution in [3.63, 3.8) is 0 Å². The van der Waals surface area contributed by atoms with E-state index in [9.17, 15) is 4.39 Å². The van der Waals surface area contributed by atoms with Crippen molar-refractivity contribution in [1.82, 2.24) is 10.3 Å². The van der Waals surface area contributed by atoms with Gasteiger partial charge in [-0.3, -0.25) is 0 Å². The van der Waals surface area contributed by atoms with Gasteiger partial charge in [-0.05, 0) is 18.6 Å². The number of ether oxygens (including phenoxy) is 1. The largest absolute Gasteiger partial charge is 0.444 e. The molecule has 1 aromatic heterocycles. The quantitative estimate of drug-likeness (QED) is 0.814. The Kier molecular flexibility index (Phi) is 4.65. The molecule has 0 spiro atoms. The first kappa shape index (κ1) is 13.7. The number of benzene rings is 1. The van der Waals surface area contributed by atoms with E-state index in [2.05, 4.69) is 10.3 Å². The number of methoxy groups -OCH3 is 1. The molecular weight excluding hydrogens is 247 g/mol. The van der Waals surface area contributed by atoms with E-state index in [4.69, 9.17) is 9.15 Å². The second-order valence-corrected chi connectivity index (χ2v) is 4.25. The molecule has 5 heteroatoms. The number of halogens is 1. The Balaban J connectivity index is 2.06. The van der Waals surface area contributed by atoms with Crippen LogP contribution in [0.5, 0.6) is 0 Å². The molecule has 102 valence electrons. The molecule has 0 saturated heterocycles. The third-order valence-electron chi connectivity index (χ3n) is 2.76. The molecule has 0 bridgehead atoms. The van der Waals surface area contributed by atoms with Crippen LogP contribution in [0.4, 0.5) is 4.39 Å². The number of aromatic nitrogens is 1. The van der Waals surface area contributed by atoms with Crippen LogP contribution in [0.3, 0.4) is 0 Å². The molecule has 0 aliphatic rings. The first-order chi connectivity index (χ1) is 9.22. The lowest BCUT2D eigenvalue weighted by molar-refractivity contribution is 0.199. The fraction of sp³-hybridized carbons (Fsp3) is 0.357. The van der Waals surface area contributed by atoms with Crippen molar-refractivity contribution in [2.24, 2.45) is 0 Å². The van der Waals surface area contributed by atoms with E-state index in [-0.39, 0.29) is 5.82 Å². The highest BCUT2D eigenvalue weighted by atomic mass is 19.1. The minimum atomic E-state index is -0.289. The summed E-state index contributed by atoms with van der Waals surface area (Å²) < 4.78 is 24.2. The predicted octanol–water partition coefficient (Wildman–Crippen LogP) is 2.53. The van der Waals surface area contributed by atoms with Gasteiger partial charge in [-0.15, -0.1) is 0 Å². The van der Waals surface area contributed by atoms with Crippen molar-refractivity contribution in [1.29, 1.82) is 0 Å². The number of rotatable bonds is 6. The molecule has 1 heterocycles. The Morgan fingerprint density at radius 2 is 2.26 bits per heavy atom. The van der Waals surface area contributed by atoms with Crippen LogP contribution in [0.2, 0.25) is 0 Å². The zero-order valence-corrected chi connectivity index (χ0v) is 11.1. The van der Waals surface area contributed by atoms with Crippen LogP contribution in [0, 0.1) is 12.7 Å². The van der Waals surface area contributed by atoms with Crippen LogP contribution in [0.25, 0.3) is 11.5 Å². The van der Waals surface area contributed by atoms with Gasteiger partial charge in [-0.25, -0.2) is 9.37 Å². The van der Waals surface area contributed by atoms with Gasteiger partial charge in [0.25, 0.3) is 0 Å². The van der Waals surface area contributed by atoms with E-state index in [0.717, 1.165) is 12.2 Å². The minimum Gasteiger partial charge on any atom is -0.444 e. The third-order valence-corrected chi connectivity index (χ3v) is 2.76. The molecule has 1 N–H and O–H groups in total. The lowest BCUT2D eigenvalue weighted by Gasteiger charge is -2.01. The Bertz CT molecular complexity index is 540. The monoisotopic (exact) mass is 264 g/mol. The van der Waals surface area contributed by atoms with Gasteiger partial charge in [0.2, 0.25) is 5.89 Å². The molecule has 0 saturated carbocycles. The number of oxazole rings is 1. The van der Waals surface area contributed by atoms with Gasteiger partial charge in [0.05, 0.1) is 17.9 Å². The maximum atomic E-state index is 13.9. The van der Waals surface area contributed by atoms with Gasteiger partial charge in [-0.1, -0.05) is 12.1 Å². The van der Waals surface area contributed by atoms with E-state index in [1.54, 1.807) is 32.2 Å². The first-order valence-electron chi connectivity index (χ1n) is 6.12. The third kappa shape index (κ3) is 3.39. The van der Waals surface area contributed by atoms with Crippen molar-refractivity contribution >= 4 is 0 Å². The van der Waals surface area contributed by atoms with Crippen molar-refractivity contribution in [2.75, 3.05) is 20.3 Å². The summed E-state index contributed by atoms with van der Waals surface area (Å²) in [5.74, 6) is 0.0213. The number of nitrogens with zero attached hydrogens (tertiary/aromatic N) is 1. The van der Waals surface area contributed by atoms with E-state index < -0.39 is 0 Å². The molecule has 2 rings (SSSR count). The normalized spacial score (nSPS) is 10.9. The molecule has 2 aromatic rings. The highest BCUT2D eigenvalue weighted by Gasteiger charge is 2.12. The van der Waals surface area contributed by atoms with Crippen molar-refractivity contribution in [3.05, 3.63) is 41.5 Å². The van der Waals surface area contributed by atoms with Gasteiger partial charge in [0.15, 0.2) is 0 Å². The molecule has 0 radical (unpaired) electrons. The lowest BCUT2D eigenvalue weighted by atomic mass is 10.1. The molecule has 0 fully saturated rings. The van der Waals surface area contributed by atoms with Crippen molar-refractivity contribution in [2.45, 2.75) is 13.5 Å². The van der Waals surface area contributed by atoms with Crippen LogP contribution in [-0.4, -0.2) is 25.2 Å². The average molecular weight is 264 g/mol. The Labute approximate surface area is 111 Å². The van der Waals surface area contributed by atoms with E-state index in [0.29, 0.717) is 30.2 Å². The van der Waals surface area contributed by atoms with Crippen LogP contribution in [0.1, 0.15) is 11.3 Å².